The third-order valence-electron chi connectivity index (χ3n) is 2.67. The Kier molecular flexibility index (Phi) is 4.74. The molecule has 2 heteroatoms. The quantitative estimate of drug-likeness (QED) is 0.698. The van der Waals surface area contributed by atoms with E-state index in [-0.39, 0.29) is 6.61 Å². The van der Waals surface area contributed by atoms with Crippen LogP contribution in [0, 0.1) is 5.92 Å². The third-order valence-corrected chi connectivity index (χ3v) is 2.67. The van der Waals surface area contributed by atoms with E-state index in [0.29, 0.717) is 5.92 Å². The van der Waals surface area contributed by atoms with Gasteiger partial charge in [-0.1, -0.05) is 49.9 Å². The van der Waals surface area contributed by atoms with E-state index >= 15 is 0 Å². The first-order valence-corrected chi connectivity index (χ1v) is 5.29. The summed E-state index contributed by atoms with van der Waals surface area (Å²) in [5.74, 6) is 0.409. The van der Waals surface area contributed by atoms with Gasteiger partial charge in [0.15, 0.2) is 0 Å². The Bertz CT molecular complexity index is 252. The van der Waals surface area contributed by atoms with Crippen molar-refractivity contribution in [2.75, 3.05) is 6.61 Å². The number of hydrogen-bond acceptors (Lipinski definition) is 1. The van der Waals surface area contributed by atoms with Gasteiger partial charge < -0.3 is 5.11 Å². The molecule has 0 amide bonds. The van der Waals surface area contributed by atoms with E-state index in [4.69, 9.17) is 5.11 Å². The molecule has 0 aliphatic rings. The first-order valence-electron chi connectivity index (χ1n) is 5.29. The fraction of sp³-hybridized carbons (Fsp3) is 0.500. The maximum absolute atomic E-state index is 9.08. The summed E-state index contributed by atoms with van der Waals surface area (Å²) >= 11 is 0. The Morgan fingerprint density at radius 2 is 1.93 bits per heavy atom. The Morgan fingerprint density at radius 1 is 1.29 bits per heavy atom. The fourth-order valence-corrected chi connectivity index (χ4v) is 1.52. The monoisotopic (exact) mass is 189 g/mol. The predicted octanol–water partition coefficient (Wildman–Crippen LogP) is 1.63. The van der Waals surface area contributed by atoms with E-state index in [0.717, 1.165) is 12.8 Å². The van der Waals surface area contributed by atoms with Gasteiger partial charge in [-0.05, 0) is 17.9 Å². The van der Waals surface area contributed by atoms with Crippen LogP contribution in [-0.2, 0) is 6.42 Å². The molecule has 1 aromatic carbocycles. The molecule has 0 heterocycles. The molecule has 0 saturated heterocycles. The van der Waals surface area contributed by atoms with Crippen molar-refractivity contribution < 1.29 is 5.11 Å². The minimum atomic E-state index is 0.290. The lowest BCUT2D eigenvalue weighted by molar-refractivity contribution is 0.222. The topological polar surface area (TPSA) is 20.2 Å². The molecule has 0 fully saturated rings. The van der Waals surface area contributed by atoms with Crippen molar-refractivity contribution in [1.82, 2.24) is 0 Å². The van der Waals surface area contributed by atoms with Gasteiger partial charge in [-0.2, -0.15) is 0 Å². The number of hydrogen-bond donors (Lipinski definition) is 1. The SMILES string of the molecule is C[B]c1ccc(CC(CC)CO)cc1. The van der Waals surface area contributed by atoms with Gasteiger partial charge in [0.2, 0.25) is 0 Å². The summed E-state index contributed by atoms with van der Waals surface area (Å²) in [5.41, 5.74) is 2.57. The highest BCUT2D eigenvalue weighted by Crippen LogP contribution is 2.10. The Hall–Kier alpha value is -0.755. The van der Waals surface area contributed by atoms with Gasteiger partial charge in [-0.15, -0.1) is 0 Å². The normalized spacial score (nSPS) is 12.5. The highest BCUT2D eigenvalue weighted by molar-refractivity contribution is 6.51. The van der Waals surface area contributed by atoms with Crippen molar-refractivity contribution in [3.63, 3.8) is 0 Å². The van der Waals surface area contributed by atoms with Crippen LogP contribution in [0.3, 0.4) is 0 Å². The van der Waals surface area contributed by atoms with Crippen molar-refractivity contribution in [2.45, 2.75) is 26.6 Å². The fourth-order valence-electron chi connectivity index (χ4n) is 1.52. The summed E-state index contributed by atoms with van der Waals surface area (Å²) in [6.07, 6.45) is 2.02. The largest absolute Gasteiger partial charge is 0.396 e. The molecule has 14 heavy (non-hydrogen) atoms. The Morgan fingerprint density at radius 3 is 2.36 bits per heavy atom. The molecule has 1 atom stereocenters. The Labute approximate surface area is 87.4 Å². The molecule has 0 aliphatic carbocycles. The standard InChI is InChI=1S/C12H18BO/c1-3-10(9-14)8-11-4-6-12(13-2)7-5-11/h4-7,10,14H,3,8-9H2,1-2H3. The zero-order valence-electron chi connectivity index (χ0n) is 9.03. The van der Waals surface area contributed by atoms with Gasteiger partial charge in [0.05, 0.1) is 0 Å². The zero-order valence-corrected chi connectivity index (χ0v) is 9.03. The van der Waals surface area contributed by atoms with Crippen molar-refractivity contribution in [3.8, 4) is 0 Å². The number of aliphatic hydroxyl groups excluding tert-OH is 1. The van der Waals surface area contributed by atoms with Gasteiger partial charge in [0.1, 0.15) is 7.28 Å². The number of rotatable bonds is 5. The van der Waals surface area contributed by atoms with Crippen LogP contribution in [0.4, 0.5) is 0 Å². The molecule has 0 aromatic heterocycles. The molecule has 0 aliphatic heterocycles. The van der Waals surface area contributed by atoms with E-state index in [1.165, 1.54) is 11.0 Å². The summed E-state index contributed by atoms with van der Waals surface area (Å²) in [6.45, 7) is 4.45. The van der Waals surface area contributed by atoms with Gasteiger partial charge in [-0.3, -0.25) is 0 Å². The summed E-state index contributed by atoms with van der Waals surface area (Å²) in [5, 5.41) is 9.08. The van der Waals surface area contributed by atoms with E-state index in [1.807, 2.05) is 6.82 Å². The second-order valence-electron chi connectivity index (χ2n) is 3.69. The summed E-state index contributed by atoms with van der Waals surface area (Å²) in [6, 6.07) is 8.54. The minimum absolute atomic E-state index is 0.290. The van der Waals surface area contributed by atoms with Crippen molar-refractivity contribution in [2.24, 2.45) is 5.92 Å². The van der Waals surface area contributed by atoms with E-state index in [2.05, 4.69) is 38.5 Å². The zero-order chi connectivity index (χ0) is 10.4. The first-order chi connectivity index (χ1) is 6.80. The lowest BCUT2D eigenvalue weighted by Gasteiger charge is -2.11. The number of benzene rings is 1. The molecule has 0 spiro atoms. The number of aliphatic hydroxyl groups is 1. The molecule has 1 aromatic rings. The molecule has 1 N–H and O–H groups in total. The molecule has 1 unspecified atom stereocenters. The van der Waals surface area contributed by atoms with Gasteiger partial charge >= 0.3 is 0 Å². The lowest BCUT2D eigenvalue weighted by atomic mass is 9.73. The van der Waals surface area contributed by atoms with E-state index < -0.39 is 0 Å². The van der Waals surface area contributed by atoms with Crippen LogP contribution in [0.5, 0.6) is 0 Å². The van der Waals surface area contributed by atoms with Crippen LogP contribution in [-0.4, -0.2) is 19.0 Å². The first kappa shape index (κ1) is 11.3. The lowest BCUT2D eigenvalue weighted by Crippen LogP contribution is -2.12. The third kappa shape index (κ3) is 3.19. The van der Waals surface area contributed by atoms with Gasteiger partial charge in [0, 0.05) is 6.61 Å². The van der Waals surface area contributed by atoms with Gasteiger partial charge in [-0.25, -0.2) is 0 Å². The van der Waals surface area contributed by atoms with Crippen LogP contribution in [0.15, 0.2) is 24.3 Å². The van der Waals surface area contributed by atoms with Crippen LogP contribution in [0.2, 0.25) is 6.82 Å². The van der Waals surface area contributed by atoms with Crippen LogP contribution >= 0.6 is 0 Å². The molecule has 1 radical (unpaired) electrons. The maximum atomic E-state index is 9.08. The van der Waals surface area contributed by atoms with Gasteiger partial charge in [0.25, 0.3) is 0 Å². The second kappa shape index (κ2) is 5.87. The van der Waals surface area contributed by atoms with Crippen LogP contribution in [0.25, 0.3) is 0 Å². The summed E-state index contributed by atoms with van der Waals surface area (Å²) in [7, 11) is 2.09. The van der Waals surface area contributed by atoms with Crippen molar-refractivity contribution in [1.29, 1.82) is 0 Å². The van der Waals surface area contributed by atoms with E-state index in [1.54, 1.807) is 0 Å². The minimum Gasteiger partial charge on any atom is -0.396 e. The molecule has 0 saturated carbocycles. The second-order valence-corrected chi connectivity index (χ2v) is 3.69. The Balaban J connectivity index is 2.58. The molecule has 0 bridgehead atoms. The summed E-state index contributed by atoms with van der Waals surface area (Å²) < 4.78 is 0. The highest BCUT2D eigenvalue weighted by atomic mass is 16.3. The van der Waals surface area contributed by atoms with Crippen molar-refractivity contribution in [3.05, 3.63) is 29.8 Å². The molecule has 1 rings (SSSR count). The average Bonchev–Trinajstić information content (AvgIpc) is 2.26. The predicted molar refractivity (Wildman–Crippen MR) is 62.3 cm³/mol. The summed E-state index contributed by atoms with van der Waals surface area (Å²) in [4.78, 5) is 0. The average molecular weight is 189 g/mol. The molecule has 75 valence electrons. The van der Waals surface area contributed by atoms with Crippen LogP contribution in [0.1, 0.15) is 18.9 Å². The highest BCUT2D eigenvalue weighted by Gasteiger charge is 2.05. The molecular formula is C12H18BO. The smallest absolute Gasteiger partial charge is 0.148 e. The van der Waals surface area contributed by atoms with Crippen LogP contribution < -0.4 is 5.46 Å². The molecule has 1 nitrogen and oxygen atoms in total. The maximum Gasteiger partial charge on any atom is 0.148 e. The molecular weight excluding hydrogens is 171 g/mol. The van der Waals surface area contributed by atoms with Crippen molar-refractivity contribution >= 4 is 12.7 Å². The van der Waals surface area contributed by atoms with E-state index in [9.17, 15) is 0 Å².